The minimum atomic E-state index is -0.709. The molecule has 0 saturated heterocycles. The highest BCUT2D eigenvalue weighted by Crippen LogP contribution is 2.06. The molecule has 0 aliphatic heterocycles. The Hall–Kier alpha value is -0.910. The molecule has 1 heterocycles. The molecule has 0 bridgehead atoms. The van der Waals surface area contributed by atoms with E-state index >= 15 is 0 Å². The lowest BCUT2D eigenvalue weighted by atomic mass is 10.1. The van der Waals surface area contributed by atoms with Crippen LogP contribution in [0.1, 0.15) is 18.2 Å². The van der Waals surface area contributed by atoms with Gasteiger partial charge < -0.3 is 15.3 Å². The van der Waals surface area contributed by atoms with Crippen LogP contribution in [0.15, 0.2) is 6.20 Å². The standard InChI is InChI=1S/C12H24N4O/c1-10-11(7-16(5)14-10)6-13-8-12(2,17)9-15(3)4/h7,13,17H,6,8-9H2,1-5H3. The van der Waals surface area contributed by atoms with E-state index in [0.29, 0.717) is 13.1 Å². The van der Waals surface area contributed by atoms with Gasteiger partial charge in [0.1, 0.15) is 0 Å². The molecular weight excluding hydrogens is 216 g/mol. The monoisotopic (exact) mass is 240 g/mol. The van der Waals surface area contributed by atoms with E-state index < -0.39 is 5.60 Å². The molecule has 5 nitrogen and oxygen atoms in total. The van der Waals surface area contributed by atoms with E-state index in [1.165, 1.54) is 5.56 Å². The number of hydrogen-bond donors (Lipinski definition) is 2. The van der Waals surface area contributed by atoms with Gasteiger partial charge in [-0.2, -0.15) is 5.10 Å². The van der Waals surface area contributed by atoms with Gasteiger partial charge in [-0.15, -0.1) is 0 Å². The quantitative estimate of drug-likeness (QED) is 0.742. The summed E-state index contributed by atoms with van der Waals surface area (Å²) in [6.45, 7) is 5.79. The molecule has 0 aromatic carbocycles. The molecular formula is C12H24N4O. The van der Waals surface area contributed by atoms with Crippen LogP contribution >= 0.6 is 0 Å². The van der Waals surface area contributed by atoms with E-state index in [9.17, 15) is 5.11 Å². The normalized spacial score (nSPS) is 15.2. The van der Waals surface area contributed by atoms with Crippen LogP contribution < -0.4 is 5.32 Å². The molecule has 1 aromatic heterocycles. The number of aromatic nitrogens is 2. The first kappa shape index (κ1) is 14.2. The van der Waals surface area contributed by atoms with E-state index in [-0.39, 0.29) is 0 Å². The topological polar surface area (TPSA) is 53.3 Å². The fourth-order valence-electron chi connectivity index (χ4n) is 2.03. The number of rotatable bonds is 6. The first-order valence-corrected chi connectivity index (χ1v) is 5.87. The zero-order chi connectivity index (χ0) is 13.1. The molecule has 0 aliphatic rings. The lowest BCUT2D eigenvalue weighted by molar-refractivity contribution is 0.0336. The number of hydrogen-bond acceptors (Lipinski definition) is 4. The number of nitrogens with one attached hydrogen (secondary N) is 1. The predicted octanol–water partition coefficient (Wildman–Crippen LogP) is 0.131. The van der Waals surface area contributed by atoms with Crippen molar-refractivity contribution in [1.29, 1.82) is 0 Å². The average molecular weight is 240 g/mol. The minimum Gasteiger partial charge on any atom is -0.388 e. The van der Waals surface area contributed by atoms with Gasteiger partial charge in [-0.3, -0.25) is 4.68 Å². The van der Waals surface area contributed by atoms with Crippen LogP contribution in [0.3, 0.4) is 0 Å². The molecule has 0 spiro atoms. The lowest BCUT2D eigenvalue weighted by Gasteiger charge is -2.27. The maximum atomic E-state index is 10.1. The van der Waals surface area contributed by atoms with Crippen LogP contribution in [0.25, 0.3) is 0 Å². The highest BCUT2D eigenvalue weighted by Gasteiger charge is 2.20. The summed E-state index contributed by atoms with van der Waals surface area (Å²) < 4.78 is 1.81. The first-order valence-electron chi connectivity index (χ1n) is 5.87. The van der Waals surface area contributed by atoms with Crippen molar-refractivity contribution in [2.24, 2.45) is 7.05 Å². The van der Waals surface area contributed by atoms with Crippen molar-refractivity contribution >= 4 is 0 Å². The maximum Gasteiger partial charge on any atom is 0.0869 e. The Morgan fingerprint density at radius 2 is 2.18 bits per heavy atom. The summed E-state index contributed by atoms with van der Waals surface area (Å²) in [4.78, 5) is 1.98. The average Bonchev–Trinajstić information content (AvgIpc) is 2.42. The smallest absolute Gasteiger partial charge is 0.0869 e. The Morgan fingerprint density at radius 3 is 2.65 bits per heavy atom. The predicted molar refractivity (Wildman–Crippen MR) is 68.8 cm³/mol. The fourth-order valence-corrected chi connectivity index (χ4v) is 2.03. The van der Waals surface area contributed by atoms with Crippen molar-refractivity contribution in [1.82, 2.24) is 20.0 Å². The molecule has 1 aromatic rings. The molecule has 1 rings (SSSR count). The molecule has 1 unspecified atom stereocenters. The van der Waals surface area contributed by atoms with E-state index in [1.807, 2.05) is 50.8 Å². The van der Waals surface area contributed by atoms with E-state index in [0.717, 1.165) is 12.2 Å². The van der Waals surface area contributed by atoms with Crippen LogP contribution in [-0.2, 0) is 13.6 Å². The lowest BCUT2D eigenvalue weighted by Crippen LogP contribution is -2.45. The molecule has 17 heavy (non-hydrogen) atoms. The highest BCUT2D eigenvalue weighted by molar-refractivity contribution is 5.14. The second-order valence-corrected chi connectivity index (χ2v) is 5.25. The van der Waals surface area contributed by atoms with E-state index in [1.54, 1.807) is 0 Å². The summed E-state index contributed by atoms with van der Waals surface area (Å²) in [6, 6.07) is 0. The Kier molecular flexibility index (Phi) is 4.68. The van der Waals surface area contributed by atoms with Crippen LogP contribution in [-0.4, -0.2) is 52.6 Å². The summed E-state index contributed by atoms with van der Waals surface area (Å²) in [6.07, 6.45) is 2.00. The number of likely N-dealkylation sites (N-methyl/N-ethyl adjacent to an activating group) is 1. The van der Waals surface area contributed by atoms with E-state index in [2.05, 4.69) is 10.4 Å². The Morgan fingerprint density at radius 1 is 1.53 bits per heavy atom. The van der Waals surface area contributed by atoms with Crippen molar-refractivity contribution in [3.63, 3.8) is 0 Å². The van der Waals surface area contributed by atoms with Crippen molar-refractivity contribution in [2.75, 3.05) is 27.2 Å². The van der Waals surface area contributed by atoms with Gasteiger partial charge in [-0.25, -0.2) is 0 Å². The van der Waals surface area contributed by atoms with Gasteiger partial charge in [0.05, 0.1) is 11.3 Å². The third kappa shape index (κ3) is 4.85. The second-order valence-electron chi connectivity index (χ2n) is 5.25. The number of aliphatic hydroxyl groups is 1. The molecule has 5 heteroatoms. The van der Waals surface area contributed by atoms with Crippen LogP contribution in [0.4, 0.5) is 0 Å². The number of aryl methyl sites for hydroxylation is 2. The second kappa shape index (κ2) is 5.62. The maximum absolute atomic E-state index is 10.1. The summed E-state index contributed by atoms with van der Waals surface area (Å²) >= 11 is 0. The fraction of sp³-hybridized carbons (Fsp3) is 0.750. The summed E-state index contributed by atoms with van der Waals surface area (Å²) in [5.41, 5.74) is 1.50. The molecule has 0 aliphatic carbocycles. The van der Waals surface area contributed by atoms with Gasteiger partial charge in [0, 0.05) is 38.4 Å². The van der Waals surface area contributed by atoms with Gasteiger partial charge >= 0.3 is 0 Å². The molecule has 98 valence electrons. The van der Waals surface area contributed by atoms with Crippen molar-refractivity contribution < 1.29 is 5.11 Å². The van der Waals surface area contributed by atoms with Crippen molar-refractivity contribution in [2.45, 2.75) is 26.0 Å². The molecule has 1 atom stereocenters. The molecule has 0 radical (unpaired) electrons. The number of nitrogens with zero attached hydrogens (tertiary/aromatic N) is 3. The van der Waals surface area contributed by atoms with Gasteiger partial charge in [0.15, 0.2) is 0 Å². The van der Waals surface area contributed by atoms with Crippen LogP contribution in [0.2, 0.25) is 0 Å². The van der Waals surface area contributed by atoms with Gasteiger partial charge in [-0.05, 0) is 27.9 Å². The zero-order valence-corrected chi connectivity index (χ0v) is 11.5. The van der Waals surface area contributed by atoms with Gasteiger partial charge in [0.25, 0.3) is 0 Å². The van der Waals surface area contributed by atoms with Crippen LogP contribution in [0.5, 0.6) is 0 Å². The first-order chi connectivity index (χ1) is 7.80. The SMILES string of the molecule is Cc1nn(C)cc1CNCC(C)(O)CN(C)C. The Balaban J connectivity index is 2.39. The van der Waals surface area contributed by atoms with Gasteiger partial charge in [0.2, 0.25) is 0 Å². The Bertz CT molecular complexity index is 357. The molecule has 2 N–H and O–H groups in total. The third-order valence-corrected chi connectivity index (χ3v) is 2.59. The summed E-state index contributed by atoms with van der Waals surface area (Å²) in [5, 5.41) is 17.7. The van der Waals surface area contributed by atoms with Crippen LogP contribution in [0, 0.1) is 6.92 Å². The van der Waals surface area contributed by atoms with Crippen molar-refractivity contribution in [3.8, 4) is 0 Å². The van der Waals surface area contributed by atoms with Crippen molar-refractivity contribution in [3.05, 3.63) is 17.5 Å². The minimum absolute atomic E-state index is 0.569. The third-order valence-electron chi connectivity index (χ3n) is 2.59. The zero-order valence-electron chi connectivity index (χ0n) is 11.5. The highest BCUT2D eigenvalue weighted by atomic mass is 16.3. The molecule has 0 amide bonds. The van der Waals surface area contributed by atoms with Gasteiger partial charge in [-0.1, -0.05) is 0 Å². The summed E-state index contributed by atoms with van der Waals surface area (Å²) in [7, 11) is 5.83. The molecule has 0 fully saturated rings. The molecule has 0 saturated carbocycles. The largest absolute Gasteiger partial charge is 0.388 e. The Labute approximate surface area is 103 Å². The van der Waals surface area contributed by atoms with E-state index in [4.69, 9.17) is 0 Å². The summed E-state index contributed by atoms with van der Waals surface area (Å²) in [5.74, 6) is 0.